The molecule has 1 aromatic heterocycles. The number of hydrogen-bond donors (Lipinski definition) is 0. The Morgan fingerprint density at radius 2 is 1.96 bits per heavy atom. The van der Waals surface area contributed by atoms with E-state index in [9.17, 15) is 4.79 Å². The Balaban J connectivity index is 1.46. The Kier molecular flexibility index (Phi) is 6.62. The average molecular weight is 359 g/mol. The highest BCUT2D eigenvalue weighted by molar-refractivity contribution is 7.09. The zero-order valence-corrected chi connectivity index (χ0v) is 15.6. The van der Waals surface area contributed by atoms with Crippen LogP contribution in [0, 0.1) is 0 Å². The summed E-state index contributed by atoms with van der Waals surface area (Å²) in [5.41, 5.74) is 1.09. The van der Waals surface area contributed by atoms with E-state index in [4.69, 9.17) is 4.84 Å². The van der Waals surface area contributed by atoms with Gasteiger partial charge in [-0.3, -0.25) is 9.63 Å². The Morgan fingerprint density at radius 3 is 2.60 bits per heavy atom. The largest absolute Gasteiger partial charge is 0.303 e. The quantitative estimate of drug-likeness (QED) is 0.707. The van der Waals surface area contributed by atoms with E-state index in [-0.39, 0.29) is 11.9 Å². The zero-order valence-electron chi connectivity index (χ0n) is 14.8. The van der Waals surface area contributed by atoms with E-state index >= 15 is 0 Å². The van der Waals surface area contributed by atoms with Crippen LogP contribution in [0.15, 0.2) is 47.8 Å². The molecule has 0 atom stereocenters. The van der Waals surface area contributed by atoms with Gasteiger partial charge in [-0.25, -0.2) is 5.06 Å². The minimum absolute atomic E-state index is 0.00651. The summed E-state index contributed by atoms with van der Waals surface area (Å²) < 4.78 is 0. The molecule has 0 N–H and O–H groups in total. The number of piperidine rings is 1. The van der Waals surface area contributed by atoms with Gasteiger partial charge in [0.2, 0.25) is 5.91 Å². The number of hydroxylamine groups is 2. The number of thiophene rings is 1. The first-order valence-electron chi connectivity index (χ1n) is 8.94. The lowest BCUT2D eigenvalue weighted by atomic mass is 10.0. The Morgan fingerprint density at radius 1 is 1.20 bits per heavy atom. The molecule has 0 bridgehead atoms. The van der Waals surface area contributed by atoms with E-state index in [1.807, 2.05) is 41.7 Å². The monoisotopic (exact) mass is 358 g/mol. The van der Waals surface area contributed by atoms with Crippen molar-refractivity contribution in [1.29, 1.82) is 0 Å². The topological polar surface area (TPSA) is 32.8 Å². The molecule has 0 aliphatic carbocycles. The van der Waals surface area contributed by atoms with Crippen LogP contribution >= 0.6 is 11.3 Å². The number of carbonyl (C=O) groups is 1. The fourth-order valence-electron chi connectivity index (χ4n) is 3.27. The molecule has 2 heterocycles. The van der Waals surface area contributed by atoms with Gasteiger partial charge in [-0.05, 0) is 36.3 Å². The van der Waals surface area contributed by atoms with Crippen LogP contribution in [0.25, 0.3) is 0 Å². The van der Waals surface area contributed by atoms with Gasteiger partial charge in [-0.15, -0.1) is 11.3 Å². The van der Waals surface area contributed by atoms with Crippen LogP contribution in [-0.2, 0) is 22.7 Å². The van der Waals surface area contributed by atoms with Gasteiger partial charge in [0, 0.05) is 31.4 Å². The van der Waals surface area contributed by atoms with Crippen molar-refractivity contribution in [1.82, 2.24) is 9.96 Å². The first-order chi connectivity index (χ1) is 12.2. The van der Waals surface area contributed by atoms with Gasteiger partial charge in [0.1, 0.15) is 6.61 Å². The summed E-state index contributed by atoms with van der Waals surface area (Å²) in [4.78, 5) is 21.8. The second kappa shape index (κ2) is 9.13. The summed E-state index contributed by atoms with van der Waals surface area (Å²) in [5, 5.41) is 3.74. The second-order valence-electron chi connectivity index (χ2n) is 6.51. The third-order valence-electron chi connectivity index (χ3n) is 4.67. The maximum absolute atomic E-state index is 12.0. The maximum Gasteiger partial charge on any atom is 0.243 e. The first kappa shape index (κ1) is 18.1. The summed E-state index contributed by atoms with van der Waals surface area (Å²) in [6.45, 7) is 5.17. The molecule has 0 unspecified atom stereocenters. The first-order valence-corrected chi connectivity index (χ1v) is 9.81. The molecule has 1 fully saturated rings. The lowest BCUT2D eigenvalue weighted by molar-refractivity contribution is -0.208. The third-order valence-corrected chi connectivity index (χ3v) is 5.60. The van der Waals surface area contributed by atoms with Crippen molar-refractivity contribution in [2.45, 2.75) is 38.8 Å². The molecule has 25 heavy (non-hydrogen) atoms. The van der Waals surface area contributed by atoms with Crippen molar-refractivity contribution >= 4 is 17.2 Å². The average Bonchev–Trinajstić information content (AvgIpc) is 3.15. The van der Waals surface area contributed by atoms with E-state index in [1.165, 1.54) is 4.88 Å². The number of rotatable bonds is 7. The fraction of sp³-hybridized carbons (Fsp3) is 0.450. The zero-order chi connectivity index (χ0) is 17.5. The highest BCUT2D eigenvalue weighted by Gasteiger charge is 2.27. The minimum Gasteiger partial charge on any atom is -0.303 e. The van der Waals surface area contributed by atoms with Gasteiger partial charge in [-0.2, -0.15) is 0 Å². The van der Waals surface area contributed by atoms with Gasteiger partial charge in [-0.1, -0.05) is 36.4 Å². The van der Waals surface area contributed by atoms with Crippen LogP contribution < -0.4 is 0 Å². The molecule has 0 spiro atoms. The highest BCUT2D eigenvalue weighted by atomic mass is 32.1. The van der Waals surface area contributed by atoms with E-state index in [0.29, 0.717) is 6.61 Å². The number of carbonyl (C=O) groups excluding carboxylic acids is 1. The Labute approximate surface area is 154 Å². The van der Waals surface area contributed by atoms with Crippen LogP contribution in [-0.4, -0.2) is 41.5 Å². The molecule has 4 nitrogen and oxygen atoms in total. The summed E-state index contributed by atoms with van der Waals surface area (Å²) in [6.07, 6.45) is 3.06. The van der Waals surface area contributed by atoms with Gasteiger partial charge < -0.3 is 4.90 Å². The third kappa shape index (κ3) is 5.39. The lowest BCUT2D eigenvalue weighted by Gasteiger charge is -2.37. The van der Waals surface area contributed by atoms with Crippen molar-refractivity contribution in [2.75, 3.05) is 19.6 Å². The molecule has 1 amide bonds. The number of nitrogens with zero attached hydrogens (tertiary/aromatic N) is 2. The van der Waals surface area contributed by atoms with Crippen molar-refractivity contribution in [3.05, 3.63) is 58.3 Å². The maximum atomic E-state index is 12.0. The van der Waals surface area contributed by atoms with E-state index in [0.717, 1.165) is 44.5 Å². The van der Waals surface area contributed by atoms with Crippen LogP contribution in [0.2, 0.25) is 0 Å². The molecule has 2 aromatic rings. The lowest BCUT2D eigenvalue weighted by Crippen LogP contribution is -2.47. The van der Waals surface area contributed by atoms with Gasteiger partial charge in [0.05, 0.1) is 6.04 Å². The van der Waals surface area contributed by atoms with E-state index in [1.54, 1.807) is 12.0 Å². The summed E-state index contributed by atoms with van der Waals surface area (Å²) >= 11 is 1.83. The normalized spacial score (nSPS) is 16.0. The number of benzene rings is 1. The van der Waals surface area contributed by atoms with Gasteiger partial charge >= 0.3 is 0 Å². The number of hydrogen-bond acceptors (Lipinski definition) is 4. The van der Waals surface area contributed by atoms with Crippen molar-refractivity contribution < 1.29 is 9.63 Å². The predicted octanol–water partition coefficient (Wildman–Crippen LogP) is 3.74. The molecule has 1 saturated heterocycles. The Bertz CT molecular complexity index is 637. The van der Waals surface area contributed by atoms with Crippen molar-refractivity contribution in [3.8, 4) is 0 Å². The molecular formula is C20H26N2O2S. The van der Waals surface area contributed by atoms with Gasteiger partial charge in [0.15, 0.2) is 0 Å². The molecule has 0 radical (unpaired) electrons. The molecule has 1 aliphatic rings. The van der Waals surface area contributed by atoms with Crippen LogP contribution in [0.4, 0.5) is 0 Å². The van der Waals surface area contributed by atoms with Crippen LogP contribution in [0.5, 0.6) is 0 Å². The fourth-order valence-corrected chi connectivity index (χ4v) is 3.97. The highest BCUT2D eigenvalue weighted by Crippen LogP contribution is 2.19. The SMILES string of the molecule is CC(=O)N(OCc1ccccc1)C1CCN(CCc2cccs2)CC1. The summed E-state index contributed by atoms with van der Waals surface area (Å²) in [5.74, 6) is -0.00651. The predicted molar refractivity (Wildman–Crippen MR) is 101 cm³/mol. The molecule has 0 saturated carbocycles. The van der Waals surface area contributed by atoms with Crippen molar-refractivity contribution in [2.24, 2.45) is 0 Å². The molecule has 5 heteroatoms. The standard InChI is InChI=1S/C20H26N2O2S/c1-17(23)22(24-16-18-6-3-2-4-7-18)19-9-12-21(13-10-19)14-11-20-8-5-15-25-20/h2-8,15,19H,9-14,16H2,1H3. The second-order valence-corrected chi connectivity index (χ2v) is 7.54. The molecular weight excluding hydrogens is 332 g/mol. The number of amides is 1. The summed E-state index contributed by atoms with van der Waals surface area (Å²) in [6, 6.07) is 14.5. The molecule has 134 valence electrons. The molecule has 1 aliphatic heterocycles. The Hall–Kier alpha value is -1.69. The van der Waals surface area contributed by atoms with E-state index < -0.39 is 0 Å². The van der Waals surface area contributed by atoms with Crippen LogP contribution in [0.1, 0.15) is 30.2 Å². The number of likely N-dealkylation sites (tertiary alicyclic amines) is 1. The van der Waals surface area contributed by atoms with Gasteiger partial charge in [0.25, 0.3) is 0 Å². The molecule has 1 aromatic carbocycles. The van der Waals surface area contributed by atoms with E-state index in [2.05, 4.69) is 22.4 Å². The minimum atomic E-state index is -0.00651. The molecule has 3 rings (SSSR count). The summed E-state index contributed by atoms with van der Waals surface area (Å²) in [7, 11) is 0. The van der Waals surface area contributed by atoms with Crippen LogP contribution in [0.3, 0.4) is 0 Å². The van der Waals surface area contributed by atoms with Crippen molar-refractivity contribution in [3.63, 3.8) is 0 Å². The smallest absolute Gasteiger partial charge is 0.243 e.